The van der Waals surface area contributed by atoms with Crippen LogP contribution in [-0.2, 0) is 30.8 Å². The topological polar surface area (TPSA) is 114 Å². The van der Waals surface area contributed by atoms with Crippen LogP contribution in [-0.4, -0.2) is 75.1 Å². The third-order valence-corrected chi connectivity index (χ3v) is 8.43. The van der Waals surface area contributed by atoms with Gasteiger partial charge in [-0.3, -0.25) is 0 Å². The van der Waals surface area contributed by atoms with E-state index in [9.17, 15) is 18.3 Å². The first-order valence-electron chi connectivity index (χ1n) is 12.0. The van der Waals surface area contributed by atoms with E-state index in [1.165, 1.54) is 23.5 Å². The second-order valence-electron chi connectivity index (χ2n) is 9.68. The Bertz CT molecular complexity index is 894. The number of aliphatic hydroxyl groups excluding tert-OH is 1. The van der Waals surface area contributed by atoms with Crippen molar-refractivity contribution in [1.29, 1.82) is 0 Å². The van der Waals surface area contributed by atoms with Crippen molar-refractivity contribution in [2.24, 2.45) is 11.8 Å². The number of hydrogen-bond acceptors (Lipinski definition) is 7. The standard InChI is InChI=1S/C24H38N2O7S/c1-16(2)13-26(34(29,30)21-7-5-18(15-27)6-8-21)14-23(31-4)17(3)25-24(28)33-20-11-19-9-10-32-22(19)12-20/h5-8,16-17,19-20,22-23,27H,9-15H2,1-4H3,(H,25,28)/t17?,19-,20+,22+,23?/m1/s1. The molecule has 1 saturated carbocycles. The molecule has 2 fully saturated rings. The van der Waals surface area contributed by atoms with Crippen LogP contribution in [0.15, 0.2) is 29.2 Å². The van der Waals surface area contributed by atoms with Gasteiger partial charge in [-0.25, -0.2) is 13.2 Å². The van der Waals surface area contributed by atoms with Crippen molar-refractivity contribution in [3.63, 3.8) is 0 Å². The Hall–Kier alpha value is -1.72. The van der Waals surface area contributed by atoms with Crippen LogP contribution in [0.2, 0.25) is 0 Å². The fraction of sp³-hybridized carbons (Fsp3) is 0.708. The predicted octanol–water partition coefficient (Wildman–Crippen LogP) is 2.52. The number of ether oxygens (including phenoxy) is 3. The number of carbonyl (C=O) groups is 1. The number of carbonyl (C=O) groups excluding carboxylic acids is 1. The molecule has 9 nitrogen and oxygen atoms in total. The van der Waals surface area contributed by atoms with Gasteiger partial charge in [-0.1, -0.05) is 26.0 Å². The maximum absolute atomic E-state index is 13.4. The van der Waals surface area contributed by atoms with Gasteiger partial charge in [-0.05, 0) is 49.3 Å². The third kappa shape index (κ3) is 6.69. The van der Waals surface area contributed by atoms with Crippen LogP contribution < -0.4 is 5.32 Å². The Labute approximate surface area is 202 Å². The summed E-state index contributed by atoms with van der Waals surface area (Å²) in [6.45, 7) is 6.65. The minimum atomic E-state index is -3.80. The van der Waals surface area contributed by atoms with Crippen LogP contribution in [0.3, 0.4) is 0 Å². The fourth-order valence-corrected chi connectivity index (χ4v) is 6.32. The number of amides is 1. The lowest BCUT2D eigenvalue weighted by Crippen LogP contribution is -2.50. The maximum atomic E-state index is 13.4. The number of benzene rings is 1. The average Bonchev–Trinajstić information content (AvgIpc) is 3.37. The molecule has 0 aromatic heterocycles. The highest BCUT2D eigenvalue weighted by Gasteiger charge is 2.40. The molecule has 2 N–H and O–H groups in total. The molecule has 10 heteroatoms. The summed E-state index contributed by atoms with van der Waals surface area (Å²) in [5, 5.41) is 12.1. The van der Waals surface area contributed by atoms with Gasteiger partial charge in [0.1, 0.15) is 6.10 Å². The predicted molar refractivity (Wildman–Crippen MR) is 127 cm³/mol. The van der Waals surface area contributed by atoms with E-state index >= 15 is 0 Å². The van der Waals surface area contributed by atoms with Gasteiger partial charge >= 0.3 is 6.09 Å². The number of hydrogen-bond donors (Lipinski definition) is 2. The zero-order valence-corrected chi connectivity index (χ0v) is 21.3. The van der Waals surface area contributed by atoms with Gasteiger partial charge in [0.25, 0.3) is 0 Å². The highest BCUT2D eigenvalue weighted by atomic mass is 32.2. The number of rotatable bonds is 11. The molecule has 1 aromatic carbocycles. The monoisotopic (exact) mass is 498 g/mol. The smallest absolute Gasteiger partial charge is 0.407 e. The van der Waals surface area contributed by atoms with Crippen molar-refractivity contribution in [3.8, 4) is 0 Å². The molecule has 2 unspecified atom stereocenters. The molecule has 1 aromatic rings. The SMILES string of the molecule is COC(CN(CC(C)C)S(=O)(=O)c1ccc(CO)cc1)C(C)NC(=O)O[C@H]1C[C@H]2CCO[C@H]2C1. The number of nitrogens with one attached hydrogen (secondary N) is 1. The zero-order valence-electron chi connectivity index (χ0n) is 20.5. The molecule has 3 rings (SSSR count). The Kier molecular flexibility index (Phi) is 9.34. The average molecular weight is 499 g/mol. The number of aliphatic hydroxyl groups is 1. The van der Waals surface area contributed by atoms with E-state index in [0.717, 1.165) is 25.9 Å². The summed E-state index contributed by atoms with van der Waals surface area (Å²) in [5.74, 6) is 0.546. The molecule has 2 aliphatic rings. The Balaban J connectivity index is 1.63. The maximum Gasteiger partial charge on any atom is 0.407 e. The second-order valence-corrected chi connectivity index (χ2v) is 11.6. The van der Waals surface area contributed by atoms with E-state index in [4.69, 9.17) is 14.2 Å². The summed E-state index contributed by atoms with van der Waals surface area (Å²) in [6, 6.07) is 5.70. The summed E-state index contributed by atoms with van der Waals surface area (Å²) in [6.07, 6.45) is 1.45. The van der Waals surface area contributed by atoms with Gasteiger partial charge in [0.05, 0.1) is 29.8 Å². The number of fused-ring (bicyclic) bond motifs is 1. The van der Waals surface area contributed by atoms with Crippen molar-refractivity contribution in [2.75, 3.05) is 26.8 Å². The van der Waals surface area contributed by atoms with E-state index in [1.807, 2.05) is 13.8 Å². The molecular formula is C24H38N2O7S. The molecule has 0 spiro atoms. The molecule has 192 valence electrons. The lowest BCUT2D eigenvalue weighted by Gasteiger charge is -2.31. The quantitative estimate of drug-likeness (QED) is 0.482. The summed E-state index contributed by atoms with van der Waals surface area (Å²) in [4.78, 5) is 12.7. The Morgan fingerprint density at radius 3 is 2.50 bits per heavy atom. The van der Waals surface area contributed by atoms with Gasteiger partial charge in [0.15, 0.2) is 0 Å². The van der Waals surface area contributed by atoms with Gasteiger partial charge in [0.2, 0.25) is 10.0 Å². The lowest BCUT2D eigenvalue weighted by atomic mass is 10.1. The molecule has 0 bridgehead atoms. The highest BCUT2D eigenvalue weighted by Crippen LogP contribution is 2.37. The van der Waals surface area contributed by atoms with Crippen molar-refractivity contribution < 1.29 is 32.5 Å². The number of methoxy groups -OCH3 is 1. The summed E-state index contributed by atoms with van der Waals surface area (Å²) < 4.78 is 45.0. The number of nitrogens with zero attached hydrogens (tertiary/aromatic N) is 1. The Morgan fingerprint density at radius 2 is 1.91 bits per heavy atom. The van der Waals surface area contributed by atoms with E-state index in [0.29, 0.717) is 18.0 Å². The van der Waals surface area contributed by atoms with Gasteiger partial charge < -0.3 is 24.6 Å². The molecule has 34 heavy (non-hydrogen) atoms. The first-order chi connectivity index (χ1) is 16.1. The summed E-state index contributed by atoms with van der Waals surface area (Å²) >= 11 is 0. The summed E-state index contributed by atoms with van der Waals surface area (Å²) in [5.41, 5.74) is 0.637. The Morgan fingerprint density at radius 1 is 1.21 bits per heavy atom. The largest absolute Gasteiger partial charge is 0.446 e. The molecule has 1 saturated heterocycles. The van der Waals surface area contributed by atoms with Crippen molar-refractivity contribution in [3.05, 3.63) is 29.8 Å². The lowest BCUT2D eigenvalue weighted by molar-refractivity contribution is 0.0420. The molecule has 1 aliphatic carbocycles. The van der Waals surface area contributed by atoms with E-state index < -0.39 is 28.3 Å². The van der Waals surface area contributed by atoms with Crippen LogP contribution in [0, 0.1) is 11.8 Å². The van der Waals surface area contributed by atoms with Crippen LogP contribution in [0.5, 0.6) is 0 Å². The molecule has 1 heterocycles. The first-order valence-corrected chi connectivity index (χ1v) is 13.4. The van der Waals surface area contributed by atoms with Gasteiger partial charge in [0, 0.05) is 33.2 Å². The number of alkyl carbamates (subject to hydrolysis) is 1. The van der Waals surface area contributed by atoms with Crippen LogP contribution >= 0.6 is 0 Å². The van der Waals surface area contributed by atoms with Crippen LogP contribution in [0.25, 0.3) is 0 Å². The van der Waals surface area contributed by atoms with E-state index in [-0.39, 0.29) is 36.2 Å². The molecule has 5 atom stereocenters. The van der Waals surface area contributed by atoms with E-state index in [1.54, 1.807) is 19.1 Å². The fourth-order valence-electron chi connectivity index (χ4n) is 4.71. The molecular weight excluding hydrogens is 460 g/mol. The minimum absolute atomic E-state index is 0.0711. The second kappa shape index (κ2) is 11.8. The van der Waals surface area contributed by atoms with Crippen LogP contribution in [0.1, 0.15) is 45.6 Å². The minimum Gasteiger partial charge on any atom is -0.446 e. The molecule has 1 amide bonds. The van der Waals surface area contributed by atoms with Crippen molar-refractivity contribution in [1.82, 2.24) is 9.62 Å². The van der Waals surface area contributed by atoms with Gasteiger partial charge in [-0.15, -0.1) is 0 Å². The van der Waals surface area contributed by atoms with Gasteiger partial charge in [-0.2, -0.15) is 4.31 Å². The summed E-state index contributed by atoms with van der Waals surface area (Å²) in [7, 11) is -2.30. The van der Waals surface area contributed by atoms with E-state index in [2.05, 4.69) is 5.32 Å². The highest BCUT2D eigenvalue weighted by molar-refractivity contribution is 7.89. The van der Waals surface area contributed by atoms with Crippen LogP contribution in [0.4, 0.5) is 4.79 Å². The van der Waals surface area contributed by atoms with Crippen molar-refractivity contribution >= 4 is 16.1 Å². The first kappa shape index (κ1) is 26.9. The molecule has 0 radical (unpaired) electrons. The zero-order chi connectivity index (χ0) is 24.9. The van der Waals surface area contributed by atoms with Crippen molar-refractivity contribution in [2.45, 2.75) is 75.9 Å². The molecule has 1 aliphatic heterocycles. The third-order valence-electron chi connectivity index (χ3n) is 6.58. The number of sulfonamides is 1. The normalized spacial score (nSPS) is 24.3.